The number of nitrogens with one attached hydrogen (secondary N) is 1. The van der Waals surface area contributed by atoms with E-state index in [4.69, 9.17) is 14.2 Å². The van der Waals surface area contributed by atoms with E-state index in [0.29, 0.717) is 26.1 Å². The summed E-state index contributed by atoms with van der Waals surface area (Å²) in [5, 5.41) is 2.72. The summed E-state index contributed by atoms with van der Waals surface area (Å²) in [6, 6.07) is 0. The molecule has 0 aromatic rings. The predicted octanol–water partition coefficient (Wildman–Crippen LogP) is 3.19. The molecule has 1 amide bonds. The molecule has 1 aliphatic rings. The molecule has 1 aliphatic carbocycles. The predicted molar refractivity (Wildman–Crippen MR) is 87.3 cm³/mol. The topological polar surface area (TPSA) is 73.9 Å². The van der Waals surface area contributed by atoms with Gasteiger partial charge in [-0.1, -0.05) is 45.4 Å². The van der Waals surface area contributed by atoms with Crippen molar-refractivity contribution in [3.63, 3.8) is 0 Å². The van der Waals surface area contributed by atoms with Gasteiger partial charge in [0.1, 0.15) is 12.1 Å². The Kier molecular flexibility index (Phi) is 9.67. The van der Waals surface area contributed by atoms with Gasteiger partial charge in [-0.2, -0.15) is 0 Å². The van der Waals surface area contributed by atoms with Crippen molar-refractivity contribution < 1.29 is 23.8 Å². The molecule has 6 nitrogen and oxygen atoms in total. The zero-order chi connectivity index (χ0) is 17.0. The van der Waals surface area contributed by atoms with E-state index in [0.717, 1.165) is 25.7 Å². The highest BCUT2D eigenvalue weighted by molar-refractivity contribution is 5.86. The van der Waals surface area contributed by atoms with E-state index in [-0.39, 0.29) is 12.6 Å². The van der Waals surface area contributed by atoms with E-state index in [1.165, 1.54) is 26.4 Å². The summed E-state index contributed by atoms with van der Waals surface area (Å²) in [6.07, 6.45) is 7.98. The Hall–Kier alpha value is -1.30. The molecule has 0 saturated heterocycles. The minimum Gasteiger partial charge on any atom is -0.464 e. The lowest BCUT2D eigenvalue weighted by Crippen LogP contribution is -2.53. The maximum atomic E-state index is 12.4. The number of methoxy groups -OCH3 is 1. The van der Waals surface area contributed by atoms with Crippen LogP contribution in [0.15, 0.2) is 0 Å². The van der Waals surface area contributed by atoms with Crippen LogP contribution in [0.4, 0.5) is 4.79 Å². The van der Waals surface area contributed by atoms with Crippen molar-refractivity contribution in [2.24, 2.45) is 0 Å². The van der Waals surface area contributed by atoms with Crippen LogP contribution in [0.25, 0.3) is 0 Å². The standard InChI is InChI=1S/C17H31NO5/c1-3-4-5-6-9-12-22-15(19)17(10-7-8-11-17)18-16(20)23-14-13-21-2/h3-14H2,1-2H3,(H,18,20). The maximum Gasteiger partial charge on any atom is 0.408 e. The highest BCUT2D eigenvalue weighted by atomic mass is 16.6. The van der Waals surface area contributed by atoms with E-state index >= 15 is 0 Å². The molecule has 0 aliphatic heterocycles. The van der Waals surface area contributed by atoms with Crippen LogP contribution in [-0.2, 0) is 19.0 Å². The van der Waals surface area contributed by atoms with Crippen molar-refractivity contribution in [1.82, 2.24) is 5.32 Å². The first kappa shape index (κ1) is 19.7. The molecule has 1 rings (SSSR count). The lowest BCUT2D eigenvalue weighted by Gasteiger charge is -2.27. The Bertz CT molecular complexity index is 353. The number of hydrogen-bond donors (Lipinski definition) is 1. The van der Waals surface area contributed by atoms with Gasteiger partial charge in [0.15, 0.2) is 0 Å². The second kappa shape index (κ2) is 11.3. The van der Waals surface area contributed by atoms with Gasteiger partial charge in [-0.05, 0) is 19.3 Å². The van der Waals surface area contributed by atoms with Crippen molar-refractivity contribution in [1.29, 1.82) is 0 Å². The quantitative estimate of drug-likeness (QED) is 0.465. The highest BCUT2D eigenvalue weighted by Gasteiger charge is 2.44. The van der Waals surface area contributed by atoms with Crippen LogP contribution in [0.1, 0.15) is 64.7 Å². The number of unbranched alkanes of at least 4 members (excludes halogenated alkanes) is 4. The molecular weight excluding hydrogens is 298 g/mol. The molecule has 0 aromatic carbocycles. The van der Waals surface area contributed by atoms with Gasteiger partial charge in [0.2, 0.25) is 0 Å². The van der Waals surface area contributed by atoms with Gasteiger partial charge in [0.05, 0.1) is 13.2 Å². The van der Waals surface area contributed by atoms with Crippen LogP contribution in [-0.4, -0.2) is 44.5 Å². The van der Waals surface area contributed by atoms with Crippen molar-refractivity contribution in [2.75, 3.05) is 26.9 Å². The summed E-state index contributed by atoms with van der Waals surface area (Å²) >= 11 is 0. The summed E-state index contributed by atoms with van der Waals surface area (Å²) < 4.78 is 15.2. The van der Waals surface area contributed by atoms with Crippen molar-refractivity contribution >= 4 is 12.1 Å². The Morgan fingerprint density at radius 3 is 2.30 bits per heavy atom. The number of esters is 1. The molecule has 6 heteroatoms. The fourth-order valence-corrected chi connectivity index (χ4v) is 2.82. The monoisotopic (exact) mass is 329 g/mol. The summed E-state index contributed by atoms with van der Waals surface area (Å²) in [5.41, 5.74) is -0.909. The fourth-order valence-electron chi connectivity index (χ4n) is 2.82. The molecule has 134 valence electrons. The van der Waals surface area contributed by atoms with E-state index in [1.807, 2.05) is 0 Å². The average Bonchev–Trinajstić information content (AvgIpc) is 3.00. The third-order valence-electron chi connectivity index (χ3n) is 4.19. The first-order valence-corrected chi connectivity index (χ1v) is 8.75. The van der Waals surface area contributed by atoms with Crippen LogP contribution in [0.2, 0.25) is 0 Å². The number of amides is 1. The lowest BCUT2D eigenvalue weighted by atomic mass is 9.98. The minimum absolute atomic E-state index is 0.172. The maximum absolute atomic E-state index is 12.4. The molecule has 1 saturated carbocycles. The Morgan fingerprint density at radius 2 is 1.65 bits per heavy atom. The van der Waals surface area contributed by atoms with Crippen molar-refractivity contribution in [3.05, 3.63) is 0 Å². The minimum atomic E-state index is -0.909. The van der Waals surface area contributed by atoms with Gasteiger partial charge in [-0.25, -0.2) is 9.59 Å². The fraction of sp³-hybridized carbons (Fsp3) is 0.882. The Balaban J connectivity index is 2.36. The summed E-state index contributed by atoms with van der Waals surface area (Å²) in [4.78, 5) is 24.2. The second-order valence-corrected chi connectivity index (χ2v) is 6.09. The number of ether oxygens (including phenoxy) is 3. The van der Waals surface area contributed by atoms with Crippen LogP contribution < -0.4 is 5.32 Å². The third-order valence-corrected chi connectivity index (χ3v) is 4.19. The third kappa shape index (κ3) is 7.20. The molecule has 0 aromatic heterocycles. The average molecular weight is 329 g/mol. The Labute approximate surface area is 139 Å². The highest BCUT2D eigenvalue weighted by Crippen LogP contribution is 2.31. The first-order valence-electron chi connectivity index (χ1n) is 8.75. The molecule has 1 fully saturated rings. The van der Waals surface area contributed by atoms with Crippen molar-refractivity contribution in [2.45, 2.75) is 70.3 Å². The van der Waals surface area contributed by atoms with Gasteiger partial charge in [-0.3, -0.25) is 0 Å². The van der Waals surface area contributed by atoms with Crippen LogP contribution in [0.5, 0.6) is 0 Å². The van der Waals surface area contributed by atoms with Crippen molar-refractivity contribution in [3.8, 4) is 0 Å². The van der Waals surface area contributed by atoms with Crippen LogP contribution >= 0.6 is 0 Å². The zero-order valence-electron chi connectivity index (χ0n) is 14.5. The van der Waals surface area contributed by atoms with E-state index < -0.39 is 11.6 Å². The van der Waals surface area contributed by atoms with Gasteiger partial charge in [0, 0.05) is 7.11 Å². The van der Waals surface area contributed by atoms with E-state index in [9.17, 15) is 9.59 Å². The number of rotatable bonds is 11. The van der Waals surface area contributed by atoms with E-state index in [2.05, 4.69) is 12.2 Å². The normalized spacial score (nSPS) is 16.1. The van der Waals surface area contributed by atoms with Gasteiger partial charge < -0.3 is 19.5 Å². The lowest BCUT2D eigenvalue weighted by molar-refractivity contribution is -0.151. The SMILES string of the molecule is CCCCCCCOC(=O)C1(NC(=O)OCCOC)CCCC1. The smallest absolute Gasteiger partial charge is 0.408 e. The molecule has 0 bridgehead atoms. The number of carbonyl (C=O) groups is 2. The second-order valence-electron chi connectivity index (χ2n) is 6.09. The molecule has 0 radical (unpaired) electrons. The number of carbonyl (C=O) groups excluding carboxylic acids is 2. The van der Waals surface area contributed by atoms with Gasteiger partial charge >= 0.3 is 12.1 Å². The molecule has 0 heterocycles. The molecule has 0 spiro atoms. The van der Waals surface area contributed by atoms with E-state index in [1.54, 1.807) is 0 Å². The van der Waals surface area contributed by atoms with Gasteiger partial charge in [0.25, 0.3) is 0 Å². The van der Waals surface area contributed by atoms with Crippen LogP contribution in [0.3, 0.4) is 0 Å². The molecule has 0 atom stereocenters. The molecule has 0 unspecified atom stereocenters. The zero-order valence-corrected chi connectivity index (χ0v) is 14.5. The summed E-state index contributed by atoms with van der Waals surface area (Å²) in [7, 11) is 1.54. The number of hydrogen-bond acceptors (Lipinski definition) is 5. The largest absolute Gasteiger partial charge is 0.464 e. The summed E-state index contributed by atoms with van der Waals surface area (Å²) in [6.45, 7) is 3.10. The Morgan fingerprint density at radius 1 is 0.957 bits per heavy atom. The molecule has 1 N–H and O–H groups in total. The number of alkyl carbamates (subject to hydrolysis) is 1. The van der Waals surface area contributed by atoms with Gasteiger partial charge in [-0.15, -0.1) is 0 Å². The first-order chi connectivity index (χ1) is 11.1. The molecule has 23 heavy (non-hydrogen) atoms. The molecular formula is C17H31NO5. The summed E-state index contributed by atoms with van der Waals surface area (Å²) in [5.74, 6) is -0.325. The van der Waals surface area contributed by atoms with Crippen LogP contribution in [0, 0.1) is 0 Å².